The molecule has 0 atom stereocenters. The van der Waals surface area contributed by atoms with E-state index in [9.17, 15) is 18.4 Å². The Balaban J connectivity index is 1.60. The van der Waals surface area contributed by atoms with Crippen molar-refractivity contribution in [1.82, 2.24) is 19.6 Å². The number of anilines is 1. The van der Waals surface area contributed by atoms with Crippen LogP contribution in [0.5, 0.6) is 0 Å². The first-order valence-corrected chi connectivity index (χ1v) is 9.61. The first kappa shape index (κ1) is 18.3. The molecule has 7 nitrogen and oxygen atoms in total. The van der Waals surface area contributed by atoms with Crippen LogP contribution < -0.4 is 10.9 Å². The second kappa shape index (κ2) is 7.52. The quantitative estimate of drug-likeness (QED) is 0.536. The number of carbonyl (C=O) groups excluding carboxylic acids is 1. The maximum Gasteiger partial charge on any atom is 0.291 e. The molecule has 1 N–H and O–H groups in total. The van der Waals surface area contributed by atoms with Crippen LogP contribution in [0.4, 0.5) is 13.9 Å². The second-order valence-corrected chi connectivity index (χ2v) is 7.79. The number of nitrogens with zero attached hydrogens (tertiary/aromatic N) is 4. The van der Waals surface area contributed by atoms with Crippen molar-refractivity contribution >= 4 is 38.7 Å². The number of rotatable bonds is 5. The average molecular weight is 419 g/mol. The van der Waals surface area contributed by atoms with E-state index in [1.807, 2.05) is 30.3 Å². The van der Waals surface area contributed by atoms with Gasteiger partial charge in [-0.2, -0.15) is 0 Å². The fourth-order valence-electron chi connectivity index (χ4n) is 2.50. The predicted octanol–water partition coefficient (Wildman–Crippen LogP) is 3.39. The smallest absolute Gasteiger partial charge is 0.291 e. The molecule has 1 aromatic carbocycles. The SMILES string of the molecule is O=C(Nc1nnc(C(F)F)s1)c1cnc2sc(Cc3ccccc3)cn2c1=O. The Hall–Kier alpha value is -3.05. The van der Waals surface area contributed by atoms with Gasteiger partial charge in [-0.15, -0.1) is 21.5 Å². The zero-order valence-electron chi connectivity index (χ0n) is 14.0. The van der Waals surface area contributed by atoms with Crippen LogP contribution in [0.1, 0.15) is 32.2 Å². The zero-order valence-corrected chi connectivity index (χ0v) is 15.6. The molecule has 4 aromatic rings. The van der Waals surface area contributed by atoms with Gasteiger partial charge in [0.05, 0.1) is 0 Å². The molecule has 28 heavy (non-hydrogen) atoms. The predicted molar refractivity (Wildman–Crippen MR) is 101 cm³/mol. The lowest BCUT2D eigenvalue weighted by molar-refractivity contribution is 0.102. The molecule has 3 aromatic heterocycles. The summed E-state index contributed by atoms with van der Waals surface area (Å²) in [6.07, 6.45) is 0.682. The van der Waals surface area contributed by atoms with Crippen LogP contribution >= 0.6 is 22.7 Å². The highest BCUT2D eigenvalue weighted by Gasteiger charge is 2.19. The molecule has 0 saturated heterocycles. The van der Waals surface area contributed by atoms with Crippen LogP contribution in [0, 0.1) is 0 Å². The minimum absolute atomic E-state index is 0.111. The summed E-state index contributed by atoms with van der Waals surface area (Å²) >= 11 is 1.90. The molecule has 3 heterocycles. The van der Waals surface area contributed by atoms with E-state index in [-0.39, 0.29) is 10.7 Å². The van der Waals surface area contributed by atoms with E-state index in [4.69, 9.17) is 0 Å². The third-order valence-corrected chi connectivity index (χ3v) is 5.61. The zero-order chi connectivity index (χ0) is 19.7. The standard InChI is InChI=1S/C17H11F2N5O2S2/c18-12(19)14-22-23-16(28-14)21-13(25)11-7-20-17-24(15(11)26)8-10(27-17)6-9-4-2-1-3-5-9/h1-5,7-8,12H,6H2,(H,21,23,25). The van der Waals surface area contributed by atoms with Gasteiger partial charge >= 0.3 is 0 Å². The third-order valence-electron chi connectivity index (χ3n) is 3.77. The van der Waals surface area contributed by atoms with Gasteiger partial charge in [0, 0.05) is 23.7 Å². The van der Waals surface area contributed by atoms with Gasteiger partial charge in [-0.1, -0.05) is 41.7 Å². The third kappa shape index (κ3) is 3.66. The maximum atomic E-state index is 12.7. The lowest BCUT2D eigenvalue weighted by Crippen LogP contribution is -2.25. The second-order valence-electron chi connectivity index (χ2n) is 5.69. The molecule has 0 aliphatic heterocycles. The summed E-state index contributed by atoms with van der Waals surface area (Å²) in [5, 5.41) is 8.45. The number of thiazole rings is 1. The Kier molecular flexibility index (Phi) is 4.92. The van der Waals surface area contributed by atoms with Crippen molar-refractivity contribution in [3.8, 4) is 0 Å². The summed E-state index contributed by atoms with van der Waals surface area (Å²) in [6.45, 7) is 0. The molecule has 0 aliphatic carbocycles. The van der Waals surface area contributed by atoms with Crippen molar-refractivity contribution in [2.45, 2.75) is 12.8 Å². The highest BCUT2D eigenvalue weighted by molar-refractivity contribution is 7.17. The number of hydrogen-bond donors (Lipinski definition) is 1. The Morgan fingerprint density at radius 2 is 1.96 bits per heavy atom. The number of fused-ring (bicyclic) bond motifs is 1. The summed E-state index contributed by atoms with van der Waals surface area (Å²) in [4.78, 5) is 30.5. The lowest BCUT2D eigenvalue weighted by Gasteiger charge is -2.00. The number of alkyl halides is 2. The fourth-order valence-corrected chi connectivity index (χ4v) is 4.07. The molecule has 1 amide bonds. The molecule has 0 radical (unpaired) electrons. The van der Waals surface area contributed by atoms with Crippen molar-refractivity contribution < 1.29 is 13.6 Å². The Labute approximate surface area is 164 Å². The monoisotopic (exact) mass is 419 g/mol. The van der Waals surface area contributed by atoms with Crippen LogP contribution in [0.3, 0.4) is 0 Å². The van der Waals surface area contributed by atoms with Gasteiger partial charge in [-0.3, -0.25) is 19.3 Å². The molecule has 0 saturated carbocycles. The van der Waals surface area contributed by atoms with Gasteiger partial charge in [0.25, 0.3) is 17.9 Å². The van der Waals surface area contributed by atoms with Crippen molar-refractivity contribution in [2.75, 3.05) is 5.32 Å². The van der Waals surface area contributed by atoms with E-state index in [1.54, 1.807) is 6.20 Å². The van der Waals surface area contributed by atoms with E-state index in [0.717, 1.165) is 10.4 Å². The molecule has 0 bridgehead atoms. The van der Waals surface area contributed by atoms with Gasteiger partial charge in [0.15, 0.2) is 9.97 Å². The van der Waals surface area contributed by atoms with Crippen molar-refractivity contribution in [3.05, 3.63) is 74.1 Å². The molecule has 0 unspecified atom stereocenters. The van der Waals surface area contributed by atoms with Crippen LogP contribution in [-0.4, -0.2) is 25.5 Å². The molecule has 0 fully saturated rings. The van der Waals surface area contributed by atoms with Crippen LogP contribution in [-0.2, 0) is 6.42 Å². The number of aromatic nitrogens is 4. The highest BCUT2D eigenvalue weighted by Crippen LogP contribution is 2.25. The maximum absolute atomic E-state index is 12.7. The number of nitrogens with one attached hydrogen (secondary N) is 1. The average Bonchev–Trinajstić information content (AvgIpc) is 3.30. The Morgan fingerprint density at radius 3 is 2.68 bits per heavy atom. The van der Waals surface area contributed by atoms with Crippen molar-refractivity contribution in [1.29, 1.82) is 0 Å². The Morgan fingerprint density at radius 1 is 1.18 bits per heavy atom. The molecular weight excluding hydrogens is 408 g/mol. The first-order valence-electron chi connectivity index (χ1n) is 7.98. The summed E-state index contributed by atoms with van der Waals surface area (Å²) in [7, 11) is 0. The van der Waals surface area contributed by atoms with Crippen LogP contribution in [0.15, 0.2) is 47.5 Å². The number of halogens is 2. The molecular formula is C17H11F2N5O2S2. The molecule has 11 heteroatoms. The first-order chi connectivity index (χ1) is 13.5. The largest absolute Gasteiger partial charge is 0.296 e. The number of carbonyl (C=O) groups is 1. The van der Waals surface area contributed by atoms with E-state index < -0.39 is 22.9 Å². The molecule has 142 valence electrons. The molecule has 0 aliphatic rings. The topological polar surface area (TPSA) is 89.2 Å². The summed E-state index contributed by atoms with van der Waals surface area (Å²) in [5.74, 6) is -0.778. The van der Waals surface area contributed by atoms with Crippen LogP contribution in [0.25, 0.3) is 4.96 Å². The summed E-state index contributed by atoms with van der Waals surface area (Å²) in [6, 6.07) is 9.75. The highest BCUT2D eigenvalue weighted by atomic mass is 32.1. The summed E-state index contributed by atoms with van der Waals surface area (Å²) < 4.78 is 26.5. The van der Waals surface area contributed by atoms with Gasteiger partial charge < -0.3 is 0 Å². The van der Waals surface area contributed by atoms with Gasteiger partial charge in [-0.25, -0.2) is 13.8 Å². The van der Waals surface area contributed by atoms with E-state index in [1.165, 1.54) is 21.9 Å². The van der Waals surface area contributed by atoms with Gasteiger partial charge in [-0.05, 0) is 5.56 Å². The Bertz CT molecular complexity index is 1200. The van der Waals surface area contributed by atoms with E-state index in [0.29, 0.717) is 22.7 Å². The summed E-state index contributed by atoms with van der Waals surface area (Å²) in [5.41, 5.74) is 0.332. The van der Waals surface area contributed by atoms with Crippen LogP contribution in [0.2, 0.25) is 0 Å². The van der Waals surface area contributed by atoms with E-state index in [2.05, 4.69) is 20.5 Å². The fraction of sp³-hybridized carbons (Fsp3) is 0.118. The number of hydrogen-bond acceptors (Lipinski definition) is 7. The number of benzene rings is 1. The van der Waals surface area contributed by atoms with Crippen molar-refractivity contribution in [3.63, 3.8) is 0 Å². The van der Waals surface area contributed by atoms with Gasteiger partial charge in [0.1, 0.15) is 5.56 Å². The van der Waals surface area contributed by atoms with Gasteiger partial charge in [0.2, 0.25) is 5.13 Å². The minimum atomic E-state index is -2.78. The molecule has 4 rings (SSSR count). The van der Waals surface area contributed by atoms with Crippen molar-refractivity contribution in [2.24, 2.45) is 0 Å². The molecule has 0 spiro atoms. The number of amides is 1. The minimum Gasteiger partial charge on any atom is -0.296 e. The lowest BCUT2D eigenvalue weighted by atomic mass is 10.1. The normalized spacial score (nSPS) is 11.2. The van der Waals surface area contributed by atoms with E-state index >= 15 is 0 Å².